The number of anilines is 1. The lowest BCUT2D eigenvalue weighted by atomic mass is 10.0. The van der Waals surface area contributed by atoms with Crippen LogP contribution in [0.4, 0.5) is 19.3 Å². The minimum absolute atomic E-state index is 0.0429. The molecule has 0 unspecified atom stereocenters. The van der Waals surface area contributed by atoms with Gasteiger partial charge in [-0.1, -0.05) is 13.8 Å². The number of carbonyl (C=O) groups excluding carboxylic acids is 1. The van der Waals surface area contributed by atoms with Crippen LogP contribution in [-0.4, -0.2) is 19.2 Å². The van der Waals surface area contributed by atoms with Gasteiger partial charge in [0.05, 0.1) is 12.2 Å². The zero-order valence-corrected chi connectivity index (χ0v) is 9.67. The lowest BCUT2D eigenvalue weighted by Gasteiger charge is -2.16. The molecule has 0 radical (unpaired) electrons. The molecule has 3 nitrogen and oxygen atoms in total. The molecule has 0 aromatic heterocycles. The Bertz CT molecular complexity index is 437. The first kappa shape index (κ1) is 11.8. The van der Waals surface area contributed by atoms with Gasteiger partial charge in [0, 0.05) is 5.56 Å². The molecular formula is C12H13F2NO2. The van der Waals surface area contributed by atoms with Gasteiger partial charge in [-0.2, -0.15) is 0 Å². The number of benzene rings is 1. The van der Waals surface area contributed by atoms with Gasteiger partial charge in [-0.05, 0) is 18.1 Å². The maximum absolute atomic E-state index is 13.7. The molecule has 1 fully saturated rings. The first-order chi connectivity index (χ1) is 8.00. The van der Waals surface area contributed by atoms with Crippen molar-refractivity contribution < 1.29 is 18.3 Å². The van der Waals surface area contributed by atoms with E-state index in [2.05, 4.69) is 0 Å². The summed E-state index contributed by atoms with van der Waals surface area (Å²) in [5, 5.41) is 0. The van der Waals surface area contributed by atoms with Gasteiger partial charge in [-0.25, -0.2) is 13.6 Å². The topological polar surface area (TPSA) is 29.5 Å². The van der Waals surface area contributed by atoms with Gasteiger partial charge >= 0.3 is 6.09 Å². The van der Waals surface area contributed by atoms with E-state index in [1.165, 1.54) is 17.0 Å². The number of nitrogens with zero attached hydrogens (tertiary/aromatic N) is 1. The predicted molar refractivity (Wildman–Crippen MR) is 59.1 cm³/mol. The smallest absolute Gasteiger partial charge is 0.414 e. The zero-order valence-electron chi connectivity index (χ0n) is 9.67. The Hall–Kier alpha value is -1.65. The summed E-state index contributed by atoms with van der Waals surface area (Å²) in [5.74, 6) is -1.50. The molecule has 1 amide bonds. The molecule has 17 heavy (non-hydrogen) atoms. The van der Waals surface area contributed by atoms with Crippen molar-refractivity contribution in [1.82, 2.24) is 0 Å². The van der Waals surface area contributed by atoms with Crippen molar-refractivity contribution in [3.05, 3.63) is 29.3 Å². The largest absolute Gasteiger partial charge is 0.447 e. The Morgan fingerprint density at radius 3 is 2.29 bits per heavy atom. The van der Waals surface area contributed by atoms with Crippen LogP contribution in [0.2, 0.25) is 0 Å². The molecule has 0 spiro atoms. The van der Waals surface area contributed by atoms with Crippen molar-refractivity contribution in [1.29, 1.82) is 0 Å². The molecular weight excluding hydrogens is 228 g/mol. The van der Waals surface area contributed by atoms with E-state index in [0.717, 1.165) is 0 Å². The van der Waals surface area contributed by atoms with Crippen LogP contribution in [0.15, 0.2) is 12.1 Å². The second kappa shape index (κ2) is 4.31. The molecule has 0 N–H and O–H groups in total. The van der Waals surface area contributed by atoms with Crippen molar-refractivity contribution in [3.63, 3.8) is 0 Å². The van der Waals surface area contributed by atoms with E-state index >= 15 is 0 Å². The highest BCUT2D eigenvalue weighted by atomic mass is 19.1. The number of amides is 1. The zero-order chi connectivity index (χ0) is 12.6. The second-order valence-corrected chi connectivity index (χ2v) is 4.24. The van der Waals surface area contributed by atoms with E-state index in [9.17, 15) is 13.6 Å². The fourth-order valence-corrected chi connectivity index (χ4v) is 1.91. The Balaban J connectivity index is 2.41. The van der Waals surface area contributed by atoms with Gasteiger partial charge < -0.3 is 4.74 Å². The van der Waals surface area contributed by atoms with Gasteiger partial charge in [0.2, 0.25) is 0 Å². The monoisotopic (exact) mass is 241 g/mol. The molecule has 1 aliphatic rings. The molecule has 1 aliphatic heterocycles. The summed E-state index contributed by atoms with van der Waals surface area (Å²) in [6.07, 6.45) is -0.568. The van der Waals surface area contributed by atoms with Crippen molar-refractivity contribution in [2.45, 2.75) is 19.8 Å². The number of rotatable bonds is 2. The third kappa shape index (κ3) is 2.09. The van der Waals surface area contributed by atoms with Crippen LogP contribution in [0.1, 0.15) is 25.3 Å². The van der Waals surface area contributed by atoms with E-state index in [0.29, 0.717) is 6.54 Å². The first-order valence-electron chi connectivity index (χ1n) is 5.44. The molecule has 1 aromatic carbocycles. The highest BCUT2D eigenvalue weighted by Gasteiger charge is 2.26. The lowest BCUT2D eigenvalue weighted by molar-refractivity contribution is 0.181. The number of ether oxygens (including phenoxy) is 1. The molecule has 0 atom stereocenters. The fourth-order valence-electron chi connectivity index (χ4n) is 1.91. The van der Waals surface area contributed by atoms with Gasteiger partial charge in [0.15, 0.2) is 0 Å². The maximum Gasteiger partial charge on any atom is 0.414 e. The van der Waals surface area contributed by atoms with E-state index in [-0.39, 0.29) is 23.8 Å². The minimum Gasteiger partial charge on any atom is -0.447 e. The van der Waals surface area contributed by atoms with Crippen LogP contribution in [-0.2, 0) is 4.74 Å². The Morgan fingerprint density at radius 1 is 1.29 bits per heavy atom. The Kier molecular flexibility index (Phi) is 3.00. The summed E-state index contributed by atoms with van der Waals surface area (Å²) in [6, 6.07) is 2.34. The van der Waals surface area contributed by atoms with Crippen molar-refractivity contribution in [2.24, 2.45) is 0 Å². The minimum atomic E-state index is -0.630. The Labute approximate surface area is 98.0 Å². The van der Waals surface area contributed by atoms with Crippen LogP contribution >= 0.6 is 0 Å². The molecule has 0 bridgehead atoms. The summed E-state index contributed by atoms with van der Waals surface area (Å²) in [6.45, 7) is 3.99. The van der Waals surface area contributed by atoms with Gasteiger partial charge in [0.25, 0.3) is 0 Å². The number of halogens is 2. The quantitative estimate of drug-likeness (QED) is 0.796. The van der Waals surface area contributed by atoms with Crippen molar-refractivity contribution in [2.75, 3.05) is 18.1 Å². The molecule has 5 heteroatoms. The molecule has 92 valence electrons. The van der Waals surface area contributed by atoms with Crippen LogP contribution in [0, 0.1) is 11.6 Å². The number of hydrogen-bond donors (Lipinski definition) is 0. The van der Waals surface area contributed by atoms with Crippen LogP contribution in [0.3, 0.4) is 0 Å². The molecule has 0 aliphatic carbocycles. The van der Waals surface area contributed by atoms with Crippen LogP contribution < -0.4 is 4.90 Å². The van der Waals surface area contributed by atoms with Gasteiger partial charge in [0.1, 0.15) is 18.2 Å². The summed E-state index contributed by atoms with van der Waals surface area (Å²) in [5.41, 5.74) is 0.244. The van der Waals surface area contributed by atoms with Crippen molar-refractivity contribution >= 4 is 11.8 Å². The average molecular weight is 241 g/mol. The summed E-state index contributed by atoms with van der Waals surface area (Å²) in [4.78, 5) is 12.5. The van der Waals surface area contributed by atoms with Crippen LogP contribution in [0.25, 0.3) is 0 Å². The predicted octanol–water partition coefficient (Wildman–Crippen LogP) is 3.04. The van der Waals surface area contributed by atoms with Gasteiger partial charge in [-0.15, -0.1) is 0 Å². The second-order valence-electron chi connectivity index (χ2n) is 4.24. The van der Waals surface area contributed by atoms with Crippen LogP contribution in [0.5, 0.6) is 0 Å². The van der Waals surface area contributed by atoms with E-state index in [4.69, 9.17) is 4.74 Å². The van der Waals surface area contributed by atoms with E-state index in [1.54, 1.807) is 13.8 Å². The SMILES string of the molecule is CC(C)c1c(F)cc(N2CCOC2=O)cc1F. The summed E-state index contributed by atoms with van der Waals surface area (Å²) >= 11 is 0. The molecule has 1 saturated heterocycles. The maximum atomic E-state index is 13.7. The standard InChI is InChI=1S/C12H13F2NO2/c1-7(2)11-9(13)5-8(6-10(11)14)15-3-4-17-12(15)16/h5-7H,3-4H2,1-2H3. The molecule has 2 rings (SSSR count). The lowest BCUT2D eigenvalue weighted by Crippen LogP contribution is -2.23. The highest BCUT2D eigenvalue weighted by molar-refractivity contribution is 5.89. The summed E-state index contributed by atoms with van der Waals surface area (Å²) in [7, 11) is 0. The number of cyclic esters (lactones) is 1. The highest BCUT2D eigenvalue weighted by Crippen LogP contribution is 2.28. The fraction of sp³-hybridized carbons (Fsp3) is 0.417. The number of carbonyl (C=O) groups is 1. The van der Waals surface area contributed by atoms with Gasteiger partial charge in [-0.3, -0.25) is 4.90 Å². The number of hydrogen-bond acceptors (Lipinski definition) is 2. The Morgan fingerprint density at radius 2 is 1.88 bits per heavy atom. The first-order valence-corrected chi connectivity index (χ1v) is 5.44. The van der Waals surface area contributed by atoms with Crippen molar-refractivity contribution in [3.8, 4) is 0 Å². The van der Waals surface area contributed by atoms with E-state index in [1.807, 2.05) is 0 Å². The third-order valence-corrected chi connectivity index (χ3v) is 2.71. The third-order valence-electron chi connectivity index (χ3n) is 2.71. The van der Waals surface area contributed by atoms with E-state index < -0.39 is 17.7 Å². The normalized spacial score (nSPS) is 15.6. The molecule has 1 aromatic rings. The molecule has 0 saturated carbocycles. The average Bonchev–Trinajstić information content (AvgIpc) is 2.62. The summed E-state index contributed by atoms with van der Waals surface area (Å²) < 4.78 is 32.2. The molecule has 1 heterocycles.